The maximum absolute atomic E-state index is 13.2. The highest BCUT2D eigenvalue weighted by molar-refractivity contribution is 6.33. The summed E-state index contributed by atoms with van der Waals surface area (Å²) in [6, 6.07) is 0. The third-order valence-corrected chi connectivity index (χ3v) is 3.21. The number of hydrogen-bond donors (Lipinski definition) is 0. The minimum Gasteiger partial charge on any atom is -0.370 e. The van der Waals surface area contributed by atoms with E-state index in [0.717, 1.165) is 0 Å². The van der Waals surface area contributed by atoms with E-state index in [4.69, 9.17) is 27.9 Å². The zero-order chi connectivity index (χ0) is 12.3. The van der Waals surface area contributed by atoms with Crippen molar-refractivity contribution < 1.29 is 9.13 Å². The van der Waals surface area contributed by atoms with Crippen LogP contribution < -0.4 is 0 Å². The van der Waals surface area contributed by atoms with Crippen LogP contribution in [0.2, 0.25) is 10.3 Å². The molecule has 0 spiro atoms. The Morgan fingerprint density at radius 2 is 1.62 bits per heavy atom. The minimum absolute atomic E-state index is 0.279. The Morgan fingerprint density at radius 3 is 1.94 bits per heavy atom. The van der Waals surface area contributed by atoms with Crippen molar-refractivity contribution in [2.75, 3.05) is 7.11 Å². The lowest BCUT2D eigenvalue weighted by Gasteiger charge is -2.28. The summed E-state index contributed by atoms with van der Waals surface area (Å²) in [5, 5.41) is -0.559. The number of halogens is 3. The number of methoxy groups -OCH3 is 1. The van der Waals surface area contributed by atoms with Crippen LogP contribution in [-0.4, -0.2) is 17.1 Å². The average Bonchev–Trinajstić information content (AvgIpc) is 2.29. The fourth-order valence-electron chi connectivity index (χ4n) is 1.54. The lowest BCUT2D eigenvalue weighted by atomic mass is 9.96. The first kappa shape index (κ1) is 13.6. The second-order valence-corrected chi connectivity index (χ2v) is 4.06. The van der Waals surface area contributed by atoms with Gasteiger partial charge in [-0.05, 0) is 12.8 Å². The van der Waals surface area contributed by atoms with Crippen LogP contribution in [0.5, 0.6) is 0 Å². The maximum atomic E-state index is 13.2. The molecule has 0 aliphatic rings. The van der Waals surface area contributed by atoms with E-state index in [0.29, 0.717) is 18.7 Å². The first-order valence-electron chi connectivity index (χ1n) is 4.95. The normalized spacial score (nSPS) is 11.9. The van der Waals surface area contributed by atoms with Gasteiger partial charge in [0, 0.05) is 7.11 Å². The van der Waals surface area contributed by atoms with Crippen LogP contribution >= 0.6 is 23.2 Å². The highest BCUT2D eigenvalue weighted by Gasteiger charge is 2.32. The zero-order valence-corrected chi connectivity index (χ0v) is 10.9. The minimum atomic E-state index is -0.802. The van der Waals surface area contributed by atoms with Crippen molar-refractivity contribution in [3.8, 4) is 0 Å². The van der Waals surface area contributed by atoms with Crippen molar-refractivity contribution in [2.24, 2.45) is 0 Å². The van der Waals surface area contributed by atoms with Crippen LogP contribution in [0.15, 0.2) is 0 Å². The van der Waals surface area contributed by atoms with E-state index < -0.39 is 11.4 Å². The fraction of sp³-hybridized carbons (Fsp3) is 0.600. The molecule has 6 heteroatoms. The van der Waals surface area contributed by atoms with E-state index in [2.05, 4.69) is 9.97 Å². The SMILES string of the molecule is CCC(CC)(OC)c1nc(Cl)c(F)c(Cl)n1. The summed E-state index contributed by atoms with van der Waals surface area (Å²) < 4.78 is 18.6. The summed E-state index contributed by atoms with van der Waals surface area (Å²) >= 11 is 11.3. The first-order chi connectivity index (χ1) is 7.50. The molecule has 3 nitrogen and oxygen atoms in total. The highest BCUT2D eigenvalue weighted by Crippen LogP contribution is 2.32. The summed E-state index contributed by atoms with van der Waals surface area (Å²) in [5.41, 5.74) is -0.666. The predicted octanol–water partition coefficient (Wildman–Crippen LogP) is 3.58. The number of aromatic nitrogens is 2. The molecule has 0 saturated heterocycles. The van der Waals surface area contributed by atoms with Crippen molar-refractivity contribution >= 4 is 23.2 Å². The summed E-state index contributed by atoms with van der Waals surface area (Å²) in [4.78, 5) is 7.78. The summed E-state index contributed by atoms with van der Waals surface area (Å²) in [6.07, 6.45) is 1.30. The van der Waals surface area contributed by atoms with E-state index in [1.165, 1.54) is 0 Å². The van der Waals surface area contributed by atoms with Gasteiger partial charge in [0.25, 0.3) is 0 Å². The third-order valence-electron chi connectivity index (χ3n) is 2.71. The van der Waals surface area contributed by atoms with Gasteiger partial charge in [-0.1, -0.05) is 37.0 Å². The van der Waals surface area contributed by atoms with Gasteiger partial charge in [-0.15, -0.1) is 0 Å². The van der Waals surface area contributed by atoms with Crippen molar-refractivity contribution in [1.82, 2.24) is 9.97 Å². The van der Waals surface area contributed by atoms with Gasteiger partial charge in [-0.25, -0.2) is 14.4 Å². The number of nitrogens with zero attached hydrogens (tertiary/aromatic N) is 2. The van der Waals surface area contributed by atoms with Crippen LogP contribution in [-0.2, 0) is 10.3 Å². The van der Waals surface area contributed by atoms with E-state index in [1.807, 2.05) is 13.8 Å². The molecule has 0 N–H and O–H groups in total. The molecule has 1 heterocycles. The standard InChI is InChI=1S/C10H13Cl2FN2O/c1-4-10(5-2,16-3)9-14-7(11)6(13)8(12)15-9/h4-5H2,1-3H3. The molecule has 90 valence electrons. The van der Waals surface area contributed by atoms with Crippen molar-refractivity contribution in [1.29, 1.82) is 0 Å². The van der Waals surface area contributed by atoms with Gasteiger partial charge in [0.05, 0.1) is 0 Å². The Hall–Kier alpha value is -0.450. The van der Waals surface area contributed by atoms with Crippen molar-refractivity contribution in [2.45, 2.75) is 32.3 Å². The molecule has 0 aromatic carbocycles. The Labute approximate surface area is 104 Å². The van der Waals surface area contributed by atoms with Gasteiger partial charge >= 0.3 is 0 Å². The van der Waals surface area contributed by atoms with E-state index >= 15 is 0 Å². The molecule has 0 aliphatic carbocycles. The molecule has 0 aliphatic heterocycles. The van der Waals surface area contributed by atoms with Crippen LogP contribution in [0.1, 0.15) is 32.5 Å². The second kappa shape index (κ2) is 5.25. The number of hydrogen-bond acceptors (Lipinski definition) is 3. The number of rotatable bonds is 4. The third kappa shape index (κ3) is 2.29. The topological polar surface area (TPSA) is 35.0 Å². The molecule has 0 atom stereocenters. The average molecular weight is 267 g/mol. The molecule has 1 rings (SSSR count). The fourth-order valence-corrected chi connectivity index (χ4v) is 1.93. The second-order valence-electron chi connectivity index (χ2n) is 3.35. The Kier molecular flexibility index (Phi) is 4.47. The number of ether oxygens (including phenoxy) is 1. The summed E-state index contributed by atoms with van der Waals surface area (Å²) in [6.45, 7) is 3.86. The summed E-state index contributed by atoms with van der Waals surface area (Å²) in [5.74, 6) is -0.485. The van der Waals surface area contributed by atoms with Gasteiger partial charge in [0.15, 0.2) is 21.9 Å². The lowest BCUT2D eigenvalue weighted by Crippen LogP contribution is -2.29. The summed E-state index contributed by atoms with van der Waals surface area (Å²) in [7, 11) is 1.56. The van der Waals surface area contributed by atoms with Crippen LogP contribution in [0.4, 0.5) is 4.39 Å². The molecule has 0 fully saturated rings. The van der Waals surface area contributed by atoms with Crippen molar-refractivity contribution in [3.63, 3.8) is 0 Å². The lowest BCUT2D eigenvalue weighted by molar-refractivity contribution is -0.0292. The molecule has 0 bridgehead atoms. The monoisotopic (exact) mass is 266 g/mol. The van der Waals surface area contributed by atoms with Gasteiger partial charge in [-0.2, -0.15) is 0 Å². The molecular formula is C10H13Cl2FN2O. The van der Waals surface area contributed by atoms with Gasteiger partial charge in [0.2, 0.25) is 0 Å². The smallest absolute Gasteiger partial charge is 0.197 e. The molecule has 0 saturated carbocycles. The van der Waals surface area contributed by atoms with Crippen molar-refractivity contribution in [3.05, 3.63) is 21.9 Å². The van der Waals surface area contributed by atoms with Gasteiger partial charge in [0.1, 0.15) is 5.60 Å². The van der Waals surface area contributed by atoms with Crippen LogP contribution in [0.3, 0.4) is 0 Å². The first-order valence-corrected chi connectivity index (χ1v) is 5.70. The molecule has 16 heavy (non-hydrogen) atoms. The Bertz CT molecular complexity index is 352. The highest BCUT2D eigenvalue weighted by atomic mass is 35.5. The molecule has 0 unspecified atom stereocenters. The predicted molar refractivity (Wildman–Crippen MR) is 61.3 cm³/mol. The van der Waals surface area contributed by atoms with Gasteiger partial charge < -0.3 is 4.74 Å². The van der Waals surface area contributed by atoms with E-state index in [9.17, 15) is 4.39 Å². The molecule has 1 aromatic rings. The molecular weight excluding hydrogens is 254 g/mol. The quantitative estimate of drug-likeness (QED) is 0.782. The Morgan fingerprint density at radius 1 is 1.19 bits per heavy atom. The van der Waals surface area contributed by atoms with Crippen LogP contribution in [0, 0.1) is 5.82 Å². The Balaban J connectivity index is 3.31. The van der Waals surface area contributed by atoms with E-state index in [1.54, 1.807) is 7.11 Å². The zero-order valence-electron chi connectivity index (χ0n) is 9.35. The molecule has 0 radical (unpaired) electrons. The maximum Gasteiger partial charge on any atom is 0.197 e. The largest absolute Gasteiger partial charge is 0.370 e. The van der Waals surface area contributed by atoms with Crippen LogP contribution in [0.25, 0.3) is 0 Å². The molecule has 1 aromatic heterocycles. The van der Waals surface area contributed by atoms with E-state index in [-0.39, 0.29) is 10.3 Å². The van der Waals surface area contributed by atoms with Gasteiger partial charge in [-0.3, -0.25) is 0 Å². The molecule has 0 amide bonds.